The van der Waals surface area contributed by atoms with Gasteiger partial charge >= 0.3 is 0 Å². The van der Waals surface area contributed by atoms with E-state index in [-0.39, 0.29) is 0 Å². The largest absolute Gasteiger partial charge is 0.397 e. The average molecular weight is 274 g/mol. The molecule has 0 saturated heterocycles. The minimum atomic E-state index is 0.698. The second-order valence-electron chi connectivity index (χ2n) is 3.74. The predicted molar refractivity (Wildman–Crippen MR) is 74.9 cm³/mol. The summed E-state index contributed by atoms with van der Waals surface area (Å²) < 4.78 is 0.933. The van der Waals surface area contributed by atoms with Crippen molar-refractivity contribution in [1.82, 2.24) is 15.2 Å². The number of fused-ring (bicyclic) bond motifs is 1. The highest BCUT2D eigenvalue weighted by Gasteiger charge is 2.09. The summed E-state index contributed by atoms with van der Waals surface area (Å²) in [5.41, 5.74) is 7.46. The molecule has 18 heavy (non-hydrogen) atoms. The van der Waals surface area contributed by atoms with Crippen LogP contribution < -0.4 is 5.73 Å². The third kappa shape index (κ3) is 2.04. The van der Waals surface area contributed by atoms with Crippen LogP contribution in [0, 0.1) is 6.92 Å². The summed E-state index contributed by atoms with van der Waals surface area (Å²) in [6.45, 7) is 1.95. The number of hydrogen-bond acceptors (Lipinski definition) is 6. The van der Waals surface area contributed by atoms with Gasteiger partial charge in [-0.25, -0.2) is 0 Å². The summed E-state index contributed by atoms with van der Waals surface area (Å²) in [7, 11) is 0. The Morgan fingerprint density at radius 3 is 2.89 bits per heavy atom. The molecule has 0 saturated carbocycles. The van der Waals surface area contributed by atoms with Crippen molar-refractivity contribution in [2.24, 2.45) is 0 Å². The van der Waals surface area contributed by atoms with E-state index in [9.17, 15) is 0 Å². The van der Waals surface area contributed by atoms with E-state index in [1.165, 1.54) is 0 Å². The van der Waals surface area contributed by atoms with Crippen LogP contribution in [0.4, 0.5) is 5.69 Å². The third-order valence-electron chi connectivity index (χ3n) is 2.47. The maximum absolute atomic E-state index is 5.93. The van der Waals surface area contributed by atoms with Gasteiger partial charge in [0.05, 0.1) is 11.2 Å². The van der Waals surface area contributed by atoms with Crippen LogP contribution >= 0.6 is 23.1 Å². The van der Waals surface area contributed by atoms with Gasteiger partial charge in [0.15, 0.2) is 4.34 Å². The van der Waals surface area contributed by atoms with Gasteiger partial charge in [0.25, 0.3) is 0 Å². The summed E-state index contributed by atoms with van der Waals surface area (Å²) >= 11 is 3.18. The zero-order valence-corrected chi connectivity index (χ0v) is 11.3. The molecule has 0 aliphatic heterocycles. The normalized spacial score (nSPS) is 10.9. The fourth-order valence-corrected chi connectivity index (χ4v) is 3.57. The molecule has 0 radical (unpaired) electrons. The number of nitrogen functional groups attached to an aromatic ring is 1. The van der Waals surface area contributed by atoms with E-state index in [4.69, 9.17) is 5.73 Å². The molecule has 1 aromatic carbocycles. The average Bonchev–Trinajstić information content (AvgIpc) is 2.79. The molecule has 0 bridgehead atoms. The molecule has 0 amide bonds. The molecule has 2 aromatic heterocycles. The van der Waals surface area contributed by atoms with Gasteiger partial charge in [-0.1, -0.05) is 29.2 Å². The molecule has 0 spiro atoms. The third-order valence-corrected chi connectivity index (χ3v) is 4.43. The van der Waals surface area contributed by atoms with Gasteiger partial charge in [-0.2, -0.15) is 0 Å². The number of anilines is 1. The van der Waals surface area contributed by atoms with Gasteiger partial charge in [-0.3, -0.25) is 4.98 Å². The molecule has 6 heteroatoms. The lowest BCUT2D eigenvalue weighted by molar-refractivity contribution is 0.984. The number of benzene rings is 1. The van der Waals surface area contributed by atoms with E-state index in [2.05, 4.69) is 15.2 Å². The standard InChI is InChI=1S/C12H10N4S2/c1-7-15-16-12(17-7)18-10-5-4-9(13)11-8(10)3-2-6-14-11/h2-6H,13H2,1H3. The maximum Gasteiger partial charge on any atom is 0.179 e. The summed E-state index contributed by atoms with van der Waals surface area (Å²) in [5.74, 6) is 0. The fourth-order valence-electron chi connectivity index (χ4n) is 1.67. The second-order valence-corrected chi connectivity index (χ2v) is 6.21. The quantitative estimate of drug-likeness (QED) is 0.727. The van der Waals surface area contributed by atoms with Crippen LogP contribution in [0.1, 0.15) is 5.01 Å². The number of nitrogens with zero attached hydrogens (tertiary/aromatic N) is 3. The van der Waals surface area contributed by atoms with Gasteiger partial charge in [0, 0.05) is 16.5 Å². The number of pyridine rings is 1. The molecular formula is C12H10N4S2. The van der Waals surface area contributed by atoms with E-state index >= 15 is 0 Å². The highest BCUT2D eigenvalue weighted by Crippen LogP contribution is 2.35. The summed E-state index contributed by atoms with van der Waals surface area (Å²) in [4.78, 5) is 5.42. The van der Waals surface area contributed by atoms with Gasteiger partial charge in [-0.05, 0) is 25.1 Å². The van der Waals surface area contributed by atoms with Crippen molar-refractivity contribution >= 4 is 39.7 Å². The van der Waals surface area contributed by atoms with Crippen LogP contribution in [-0.4, -0.2) is 15.2 Å². The van der Waals surface area contributed by atoms with Crippen LogP contribution in [0.2, 0.25) is 0 Å². The molecule has 0 atom stereocenters. The van der Waals surface area contributed by atoms with Crippen molar-refractivity contribution in [2.75, 3.05) is 5.73 Å². The van der Waals surface area contributed by atoms with Crippen LogP contribution in [0.5, 0.6) is 0 Å². The molecule has 0 aliphatic carbocycles. The molecule has 2 heterocycles. The Balaban J connectivity index is 2.09. The molecule has 0 aliphatic rings. The molecule has 3 rings (SSSR count). The first-order chi connectivity index (χ1) is 8.74. The summed E-state index contributed by atoms with van der Waals surface area (Å²) in [6, 6.07) is 7.82. The van der Waals surface area contributed by atoms with Crippen LogP contribution in [0.3, 0.4) is 0 Å². The van der Waals surface area contributed by atoms with Crippen molar-refractivity contribution in [3.63, 3.8) is 0 Å². The van der Waals surface area contributed by atoms with Crippen molar-refractivity contribution in [1.29, 1.82) is 0 Å². The second kappa shape index (κ2) is 4.55. The molecule has 0 unspecified atom stereocenters. The van der Waals surface area contributed by atoms with Gasteiger partial charge in [-0.15, -0.1) is 10.2 Å². The Kier molecular flexibility index (Phi) is 2.89. The Bertz CT molecular complexity index is 708. The zero-order chi connectivity index (χ0) is 12.5. The van der Waals surface area contributed by atoms with Crippen molar-refractivity contribution in [3.8, 4) is 0 Å². The van der Waals surface area contributed by atoms with Crippen LogP contribution in [0.15, 0.2) is 39.7 Å². The molecule has 4 nitrogen and oxygen atoms in total. The Morgan fingerprint density at radius 1 is 1.22 bits per heavy atom. The van der Waals surface area contributed by atoms with Gasteiger partial charge in [0.1, 0.15) is 5.01 Å². The number of aromatic nitrogens is 3. The molecule has 3 aromatic rings. The number of nitrogens with two attached hydrogens (primary N) is 1. The number of rotatable bonds is 2. The lowest BCUT2D eigenvalue weighted by Crippen LogP contribution is -1.90. The minimum absolute atomic E-state index is 0.698. The Hall–Kier alpha value is -1.66. The first kappa shape index (κ1) is 11.4. The first-order valence-corrected chi connectivity index (χ1v) is 6.98. The highest BCUT2D eigenvalue weighted by atomic mass is 32.2. The maximum atomic E-state index is 5.93. The Morgan fingerprint density at radius 2 is 2.11 bits per heavy atom. The first-order valence-electron chi connectivity index (χ1n) is 5.35. The van der Waals surface area contributed by atoms with E-state index in [1.807, 2.05) is 31.2 Å². The predicted octanol–water partition coefficient (Wildman–Crippen LogP) is 3.13. The Labute approximate surface area is 112 Å². The van der Waals surface area contributed by atoms with E-state index in [0.29, 0.717) is 5.69 Å². The topological polar surface area (TPSA) is 64.7 Å². The smallest absolute Gasteiger partial charge is 0.179 e. The number of hydrogen-bond donors (Lipinski definition) is 1. The summed E-state index contributed by atoms with van der Waals surface area (Å²) in [5, 5.41) is 10.2. The molecule has 0 fully saturated rings. The summed E-state index contributed by atoms with van der Waals surface area (Å²) in [6.07, 6.45) is 1.75. The monoisotopic (exact) mass is 274 g/mol. The lowest BCUT2D eigenvalue weighted by atomic mass is 10.2. The SMILES string of the molecule is Cc1nnc(Sc2ccc(N)c3ncccc23)s1. The lowest BCUT2D eigenvalue weighted by Gasteiger charge is -2.05. The van der Waals surface area contributed by atoms with E-state index in [1.54, 1.807) is 29.3 Å². The van der Waals surface area contributed by atoms with E-state index in [0.717, 1.165) is 25.1 Å². The minimum Gasteiger partial charge on any atom is -0.397 e. The molecule has 2 N–H and O–H groups in total. The number of aryl methyl sites for hydroxylation is 1. The van der Waals surface area contributed by atoms with Gasteiger partial charge < -0.3 is 5.73 Å². The van der Waals surface area contributed by atoms with Crippen molar-refractivity contribution < 1.29 is 0 Å². The molecule has 90 valence electrons. The van der Waals surface area contributed by atoms with E-state index < -0.39 is 0 Å². The molecular weight excluding hydrogens is 264 g/mol. The highest BCUT2D eigenvalue weighted by molar-refractivity contribution is 8.01. The zero-order valence-electron chi connectivity index (χ0n) is 9.62. The van der Waals surface area contributed by atoms with Crippen LogP contribution in [-0.2, 0) is 0 Å². The van der Waals surface area contributed by atoms with Gasteiger partial charge in [0.2, 0.25) is 0 Å². The van der Waals surface area contributed by atoms with Crippen molar-refractivity contribution in [3.05, 3.63) is 35.5 Å². The fraction of sp³-hybridized carbons (Fsp3) is 0.0833. The van der Waals surface area contributed by atoms with Crippen LogP contribution in [0.25, 0.3) is 10.9 Å². The van der Waals surface area contributed by atoms with Crippen molar-refractivity contribution in [2.45, 2.75) is 16.2 Å².